The number of fused-ring (bicyclic) bond motifs is 3. The summed E-state index contributed by atoms with van der Waals surface area (Å²) in [5.41, 5.74) is 7.46. The minimum absolute atomic E-state index is 0.272. The third-order valence-corrected chi connectivity index (χ3v) is 5.85. The molecule has 5 rings (SSSR count). The quantitative estimate of drug-likeness (QED) is 0.433. The average Bonchev–Trinajstić information content (AvgIpc) is 2.75. The number of benzene rings is 4. The lowest BCUT2D eigenvalue weighted by Crippen LogP contribution is -2.09. The van der Waals surface area contributed by atoms with E-state index in [1.54, 1.807) is 20.3 Å². The van der Waals surface area contributed by atoms with Gasteiger partial charge in [-0.15, -0.1) is 0 Å². The summed E-state index contributed by atoms with van der Waals surface area (Å²) in [4.78, 5) is 0. The van der Waals surface area contributed by atoms with Crippen LogP contribution < -0.4 is 9.47 Å². The largest absolute Gasteiger partial charge is 0.508 e. The van der Waals surface area contributed by atoms with Crippen LogP contribution in [0.15, 0.2) is 66.7 Å². The van der Waals surface area contributed by atoms with Gasteiger partial charge in [-0.2, -0.15) is 0 Å². The lowest BCUT2D eigenvalue weighted by molar-refractivity contribution is 0.414. The summed E-state index contributed by atoms with van der Waals surface area (Å²) in [5.74, 6) is 1.99. The van der Waals surface area contributed by atoms with E-state index in [1.807, 2.05) is 24.3 Å². The summed E-state index contributed by atoms with van der Waals surface area (Å²) in [7, 11) is 3.40. The van der Waals surface area contributed by atoms with Crippen LogP contribution in [-0.2, 0) is 12.8 Å². The van der Waals surface area contributed by atoms with Gasteiger partial charge in [0.05, 0.1) is 14.2 Å². The van der Waals surface area contributed by atoms with Crippen LogP contribution >= 0.6 is 0 Å². The van der Waals surface area contributed by atoms with E-state index in [-0.39, 0.29) is 5.75 Å². The minimum Gasteiger partial charge on any atom is -0.508 e. The maximum Gasteiger partial charge on any atom is 0.119 e. The first-order valence-corrected chi connectivity index (χ1v) is 9.74. The normalized spacial score (nSPS) is 12.3. The molecule has 1 N–H and O–H groups in total. The van der Waals surface area contributed by atoms with Crippen molar-refractivity contribution in [1.29, 1.82) is 0 Å². The van der Waals surface area contributed by atoms with Crippen LogP contribution in [0.1, 0.15) is 22.3 Å². The Labute approximate surface area is 170 Å². The smallest absolute Gasteiger partial charge is 0.119 e. The maximum absolute atomic E-state index is 10.1. The van der Waals surface area contributed by atoms with Crippen molar-refractivity contribution in [1.82, 2.24) is 0 Å². The Morgan fingerprint density at radius 2 is 1.52 bits per heavy atom. The lowest BCUT2D eigenvalue weighted by Gasteiger charge is -2.25. The third kappa shape index (κ3) is 2.99. The second-order valence-corrected chi connectivity index (χ2v) is 7.51. The van der Waals surface area contributed by atoms with E-state index in [9.17, 15) is 5.11 Å². The highest BCUT2D eigenvalue weighted by atomic mass is 16.5. The Balaban J connectivity index is 1.80. The Bertz CT molecular complexity index is 1240. The van der Waals surface area contributed by atoms with E-state index < -0.39 is 0 Å². The summed E-state index contributed by atoms with van der Waals surface area (Å²) < 4.78 is 11.0. The molecule has 0 saturated heterocycles. The summed E-state index contributed by atoms with van der Waals surface area (Å²) in [6.07, 6.45) is 1.72. The van der Waals surface area contributed by atoms with Crippen LogP contribution in [0.3, 0.4) is 0 Å². The van der Waals surface area contributed by atoms with Crippen LogP contribution in [0.4, 0.5) is 0 Å². The molecule has 0 saturated carbocycles. The molecule has 0 spiro atoms. The van der Waals surface area contributed by atoms with Crippen molar-refractivity contribution in [3.05, 3.63) is 89.0 Å². The van der Waals surface area contributed by atoms with Crippen LogP contribution in [0, 0.1) is 0 Å². The topological polar surface area (TPSA) is 38.7 Å². The summed E-state index contributed by atoms with van der Waals surface area (Å²) in [6.45, 7) is 0. The van der Waals surface area contributed by atoms with Crippen molar-refractivity contribution < 1.29 is 14.6 Å². The van der Waals surface area contributed by atoms with Crippen LogP contribution in [0.2, 0.25) is 0 Å². The first-order valence-electron chi connectivity index (χ1n) is 9.74. The average molecular weight is 382 g/mol. The van der Waals surface area contributed by atoms with E-state index in [4.69, 9.17) is 9.47 Å². The fraction of sp³-hybridized carbons (Fsp3) is 0.154. The van der Waals surface area contributed by atoms with E-state index in [0.29, 0.717) is 0 Å². The standard InChI is InChI=1S/C26H22O3/c1-28-22-8-6-16-10-20-11-17-7-9-23(29-2)15-25(17)26(24(20)14-19(16)13-22)18-4-3-5-21(27)12-18/h3-9,11-13,15,27H,10,14H2,1-2H3. The van der Waals surface area contributed by atoms with Crippen LogP contribution in [0.25, 0.3) is 21.9 Å². The van der Waals surface area contributed by atoms with Gasteiger partial charge in [-0.3, -0.25) is 0 Å². The zero-order valence-corrected chi connectivity index (χ0v) is 16.5. The zero-order chi connectivity index (χ0) is 20.0. The molecule has 0 amide bonds. The van der Waals surface area contributed by atoms with Crippen LogP contribution in [-0.4, -0.2) is 19.3 Å². The molecule has 3 nitrogen and oxygen atoms in total. The molecule has 0 unspecified atom stereocenters. The molecule has 0 bridgehead atoms. The first kappa shape index (κ1) is 17.6. The van der Waals surface area contributed by atoms with Crippen molar-refractivity contribution in [2.24, 2.45) is 0 Å². The summed E-state index contributed by atoms with van der Waals surface area (Å²) in [6, 6.07) is 22.4. The highest BCUT2D eigenvalue weighted by Gasteiger charge is 2.22. The highest BCUT2D eigenvalue weighted by molar-refractivity contribution is 6.00. The molecule has 0 heterocycles. The SMILES string of the molecule is COc1ccc2c(c1)Cc1c(cc3ccc(OC)cc3c1-c1cccc(O)c1)C2. The van der Waals surface area contributed by atoms with E-state index in [1.165, 1.54) is 33.2 Å². The number of ether oxygens (including phenoxy) is 2. The number of hydrogen-bond acceptors (Lipinski definition) is 3. The molecule has 144 valence electrons. The Kier molecular flexibility index (Phi) is 4.17. The fourth-order valence-corrected chi connectivity index (χ4v) is 4.42. The molecule has 4 aromatic carbocycles. The highest BCUT2D eigenvalue weighted by Crippen LogP contribution is 2.42. The van der Waals surface area contributed by atoms with E-state index in [2.05, 4.69) is 36.4 Å². The molecule has 0 fully saturated rings. The van der Waals surface area contributed by atoms with Gasteiger partial charge in [0.1, 0.15) is 17.2 Å². The van der Waals surface area contributed by atoms with Gasteiger partial charge >= 0.3 is 0 Å². The number of methoxy groups -OCH3 is 2. The van der Waals surface area contributed by atoms with Gasteiger partial charge in [0.15, 0.2) is 0 Å². The molecular formula is C26H22O3. The fourth-order valence-electron chi connectivity index (χ4n) is 4.42. The number of phenolic OH excluding ortho intramolecular Hbond substituents is 1. The Hall–Kier alpha value is -3.46. The Morgan fingerprint density at radius 3 is 2.31 bits per heavy atom. The molecule has 3 heteroatoms. The van der Waals surface area contributed by atoms with Crippen molar-refractivity contribution in [2.75, 3.05) is 14.2 Å². The summed E-state index contributed by atoms with van der Waals surface area (Å²) >= 11 is 0. The number of aromatic hydroxyl groups is 1. The second kappa shape index (κ2) is 6.85. The molecule has 0 aromatic heterocycles. The minimum atomic E-state index is 0.272. The molecule has 4 aromatic rings. The number of rotatable bonds is 3. The van der Waals surface area contributed by atoms with Gasteiger partial charge in [-0.05, 0) is 93.4 Å². The zero-order valence-electron chi connectivity index (χ0n) is 16.5. The van der Waals surface area contributed by atoms with Crippen molar-refractivity contribution in [3.8, 4) is 28.4 Å². The maximum atomic E-state index is 10.1. The predicted molar refractivity (Wildman–Crippen MR) is 116 cm³/mol. The molecule has 0 atom stereocenters. The summed E-state index contributed by atoms with van der Waals surface area (Å²) in [5, 5.41) is 12.5. The lowest BCUT2D eigenvalue weighted by atomic mass is 9.79. The van der Waals surface area contributed by atoms with Crippen molar-refractivity contribution >= 4 is 10.8 Å². The first-order chi connectivity index (χ1) is 14.2. The monoisotopic (exact) mass is 382 g/mol. The molecule has 1 aliphatic carbocycles. The number of hydrogen-bond donors (Lipinski definition) is 1. The van der Waals surface area contributed by atoms with Gasteiger partial charge in [-0.1, -0.05) is 30.3 Å². The number of phenols is 1. The Morgan fingerprint density at radius 1 is 0.724 bits per heavy atom. The van der Waals surface area contributed by atoms with Crippen molar-refractivity contribution in [3.63, 3.8) is 0 Å². The van der Waals surface area contributed by atoms with Crippen LogP contribution in [0.5, 0.6) is 17.2 Å². The second-order valence-electron chi connectivity index (χ2n) is 7.51. The van der Waals surface area contributed by atoms with E-state index in [0.717, 1.165) is 35.3 Å². The van der Waals surface area contributed by atoms with Crippen molar-refractivity contribution in [2.45, 2.75) is 12.8 Å². The van der Waals surface area contributed by atoms with E-state index >= 15 is 0 Å². The van der Waals surface area contributed by atoms with Gasteiger partial charge < -0.3 is 14.6 Å². The van der Waals surface area contributed by atoms with Gasteiger partial charge in [0.25, 0.3) is 0 Å². The predicted octanol–water partition coefficient (Wildman–Crippen LogP) is 5.72. The molecule has 0 aliphatic heterocycles. The third-order valence-electron chi connectivity index (χ3n) is 5.85. The molecular weight excluding hydrogens is 360 g/mol. The van der Waals surface area contributed by atoms with Gasteiger partial charge in [0.2, 0.25) is 0 Å². The molecule has 1 aliphatic rings. The molecule has 29 heavy (non-hydrogen) atoms. The van der Waals surface area contributed by atoms with Gasteiger partial charge in [0, 0.05) is 0 Å². The van der Waals surface area contributed by atoms with Gasteiger partial charge in [-0.25, -0.2) is 0 Å². The molecule has 0 radical (unpaired) electrons.